The van der Waals surface area contributed by atoms with E-state index in [1.165, 1.54) is 5.56 Å². The molecule has 0 spiro atoms. The number of anilines is 1. The number of carbonyl (C=O) groups excluding carboxylic acids is 2. The minimum atomic E-state index is -0.473. The Morgan fingerprint density at radius 2 is 1.70 bits per heavy atom. The Morgan fingerprint density at radius 1 is 1.07 bits per heavy atom. The van der Waals surface area contributed by atoms with E-state index in [1.54, 1.807) is 24.3 Å². The van der Waals surface area contributed by atoms with Crippen LogP contribution in [0.5, 0.6) is 0 Å². The highest BCUT2D eigenvalue weighted by Gasteiger charge is 2.26. The predicted molar refractivity (Wildman–Crippen MR) is 107 cm³/mol. The molecule has 1 fully saturated rings. The van der Waals surface area contributed by atoms with E-state index >= 15 is 0 Å². The van der Waals surface area contributed by atoms with Crippen LogP contribution in [0.15, 0.2) is 54.6 Å². The molecule has 0 unspecified atom stereocenters. The van der Waals surface area contributed by atoms with Gasteiger partial charge in [-0.3, -0.25) is 14.5 Å². The van der Waals surface area contributed by atoms with Gasteiger partial charge in [-0.2, -0.15) is 0 Å². The van der Waals surface area contributed by atoms with Gasteiger partial charge in [0.05, 0.1) is 6.04 Å². The number of likely N-dealkylation sites (tertiary alicyclic amines) is 1. The number of primary amides is 1. The third kappa shape index (κ3) is 5.17. The Morgan fingerprint density at radius 3 is 2.30 bits per heavy atom. The van der Waals surface area contributed by atoms with Crippen molar-refractivity contribution in [2.75, 3.05) is 18.4 Å². The van der Waals surface area contributed by atoms with Gasteiger partial charge in [0.15, 0.2) is 0 Å². The number of piperidine rings is 1. The maximum atomic E-state index is 12.6. The van der Waals surface area contributed by atoms with E-state index in [-0.39, 0.29) is 11.9 Å². The van der Waals surface area contributed by atoms with E-state index in [1.807, 2.05) is 13.0 Å². The highest BCUT2D eigenvalue weighted by Crippen LogP contribution is 2.23. The van der Waals surface area contributed by atoms with Crippen LogP contribution < -0.4 is 11.1 Å². The van der Waals surface area contributed by atoms with Crippen molar-refractivity contribution >= 4 is 17.5 Å². The van der Waals surface area contributed by atoms with Crippen LogP contribution in [-0.2, 0) is 11.2 Å². The zero-order valence-corrected chi connectivity index (χ0v) is 15.7. The average molecular weight is 365 g/mol. The van der Waals surface area contributed by atoms with E-state index in [9.17, 15) is 9.59 Å². The fraction of sp³-hybridized carbons (Fsp3) is 0.364. The molecule has 0 bridgehead atoms. The summed E-state index contributed by atoms with van der Waals surface area (Å²) in [5, 5.41) is 2.92. The van der Waals surface area contributed by atoms with Crippen LogP contribution >= 0.6 is 0 Å². The number of rotatable bonds is 6. The smallest absolute Gasteiger partial charge is 0.248 e. The van der Waals surface area contributed by atoms with Crippen LogP contribution in [0.2, 0.25) is 0 Å². The van der Waals surface area contributed by atoms with Crippen LogP contribution in [0.1, 0.15) is 35.7 Å². The SMILES string of the molecule is C[C@@H](C(=O)Nc1ccc(C(N)=O)cc1)N1CCC(Cc2ccccc2)CC1. The maximum Gasteiger partial charge on any atom is 0.248 e. The second kappa shape index (κ2) is 8.82. The predicted octanol–water partition coefficient (Wildman–Crippen LogP) is 3.07. The molecule has 1 aliphatic rings. The molecular weight excluding hydrogens is 338 g/mol. The van der Waals surface area contributed by atoms with Gasteiger partial charge in [-0.1, -0.05) is 30.3 Å². The van der Waals surface area contributed by atoms with Gasteiger partial charge in [0.25, 0.3) is 0 Å². The van der Waals surface area contributed by atoms with Crippen LogP contribution in [0, 0.1) is 5.92 Å². The topological polar surface area (TPSA) is 75.4 Å². The molecule has 1 heterocycles. The molecule has 2 amide bonds. The quantitative estimate of drug-likeness (QED) is 0.826. The average Bonchev–Trinajstić information content (AvgIpc) is 2.69. The van der Waals surface area contributed by atoms with Gasteiger partial charge in [0, 0.05) is 11.3 Å². The molecule has 0 radical (unpaired) electrons. The lowest BCUT2D eigenvalue weighted by molar-refractivity contribution is -0.121. The zero-order chi connectivity index (χ0) is 19.2. The van der Waals surface area contributed by atoms with E-state index in [0.717, 1.165) is 32.4 Å². The molecule has 1 aliphatic heterocycles. The van der Waals surface area contributed by atoms with E-state index in [0.29, 0.717) is 17.2 Å². The van der Waals surface area contributed by atoms with Crippen molar-refractivity contribution in [3.05, 3.63) is 65.7 Å². The summed E-state index contributed by atoms with van der Waals surface area (Å²) in [5.41, 5.74) is 7.74. The molecule has 3 rings (SSSR count). The van der Waals surface area contributed by atoms with Crippen molar-refractivity contribution in [1.82, 2.24) is 4.90 Å². The first kappa shape index (κ1) is 19.1. The third-order valence-electron chi connectivity index (χ3n) is 5.38. The van der Waals surface area contributed by atoms with E-state index in [4.69, 9.17) is 5.73 Å². The Bertz CT molecular complexity index is 766. The molecular formula is C22H27N3O2. The number of nitrogens with one attached hydrogen (secondary N) is 1. The lowest BCUT2D eigenvalue weighted by atomic mass is 9.89. The highest BCUT2D eigenvalue weighted by atomic mass is 16.2. The molecule has 5 nitrogen and oxygen atoms in total. The zero-order valence-electron chi connectivity index (χ0n) is 15.7. The lowest BCUT2D eigenvalue weighted by Crippen LogP contribution is -2.46. The number of carbonyl (C=O) groups is 2. The van der Waals surface area contributed by atoms with Gasteiger partial charge in [0.1, 0.15) is 0 Å². The minimum absolute atomic E-state index is 0.0247. The summed E-state index contributed by atoms with van der Waals surface area (Å²) in [6.07, 6.45) is 3.33. The molecule has 3 N–H and O–H groups in total. The second-order valence-corrected chi connectivity index (χ2v) is 7.28. The highest BCUT2D eigenvalue weighted by molar-refractivity contribution is 5.96. The second-order valence-electron chi connectivity index (χ2n) is 7.28. The minimum Gasteiger partial charge on any atom is -0.366 e. The molecule has 1 atom stereocenters. The summed E-state index contributed by atoms with van der Waals surface area (Å²) in [6, 6.07) is 17.1. The standard InChI is InChI=1S/C22H27N3O2/c1-16(22(27)24-20-9-7-19(8-10-20)21(23)26)25-13-11-18(12-14-25)15-17-5-3-2-4-6-17/h2-10,16,18H,11-15H2,1H3,(H2,23,26)(H,24,27)/t16-/m0/s1. The Labute approximate surface area is 160 Å². The summed E-state index contributed by atoms with van der Waals surface area (Å²) >= 11 is 0. The molecule has 5 heteroatoms. The summed E-state index contributed by atoms with van der Waals surface area (Å²) in [6.45, 7) is 3.82. The van der Waals surface area contributed by atoms with Gasteiger partial charge < -0.3 is 11.1 Å². The monoisotopic (exact) mass is 365 g/mol. The number of amides is 2. The summed E-state index contributed by atoms with van der Waals surface area (Å²) in [5.74, 6) is 0.184. The van der Waals surface area contributed by atoms with Crippen LogP contribution in [-0.4, -0.2) is 35.8 Å². The van der Waals surface area contributed by atoms with Crippen molar-refractivity contribution in [2.45, 2.75) is 32.2 Å². The lowest BCUT2D eigenvalue weighted by Gasteiger charge is -2.35. The fourth-order valence-electron chi connectivity index (χ4n) is 3.62. The number of hydrogen-bond acceptors (Lipinski definition) is 3. The third-order valence-corrected chi connectivity index (χ3v) is 5.38. The first-order valence-corrected chi connectivity index (χ1v) is 9.51. The first-order chi connectivity index (χ1) is 13.0. The molecule has 1 saturated heterocycles. The molecule has 0 saturated carbocycles. The number of nitrogens with zero attached hydrogens (tertiary/aromatic N) is 1. The van der Waals surface area contributed by atoms with Crippen molar-refractivity contribution < 1.29 is 9.59 Å². The number of nitrogens with two attached hydrogens (primary N) is 1. The Balaban J connectivity index is 1.48. The summed E-state index contributed by atoms with van der Waals surface area (Å²) in [7, 11) is 0. The first-order valence-electron chi connectivity index (χ1n) is 9.51. The van der Waals surface area contributed by atoms with Crippen LogP contribution in [0.25, 0.3) is 0 Å². The molecule has 2 aromatic carbocycles. The van der Waals surface area contributed by atoms with Gasteiger partial charge in [0.2, 0.25) is 11.8 Å². The summed E-state index contributed by atoms with van der Waals surface area (Å²) in [4.78, 5) is 25.9. The van der Waals surface area contributed by atoms with E-state index in [2.05, 4.69) is 34.5 Å². The molecule has 142 valence electrons. The van der Waals surface area contributed by atoms with Gasteiger partial charge in [-0.15, -0.1) is 0 Å². The van der Waals surface area contributed by atoms with Crippen molar-refractivity contribution in [2.24, 2.45) is 11.7 Å². The Hall–Kier alpha value is -2.66. The van der Waals surface area contributed by atoms with Crippen LogP contribution in [0.3, 0.4) is 0 Å². The Kier molecular flexibility index (Phi) is 6.24. The van der Waals surface area contributed by atoms with E-state index < -0.39 is 5.91 Å². The maximum absolute atomic E-state index is 12.6. The molecule has 0 aromatic heterocycles. The molecule has 2 aromatic rings. The van der Waals surface area contributed by atoms with Gasteiger partial charge >= 0.3 is 0 Å². The van der Waals surface area contributed by atoms with Crippen molar-refractivity contribution in [1.29, 1.82) is 0 Å². The van der Waals surface area contributed by atoms with Crippen molar-refractivity contribution in [3.8, 4) is 0 Å². The fourth-order valence-corrected chi connectivity index (χ4v) is 3.62. The van der Waals surface area contributed by atoms with Gasteiger partial charge in [-0.05, 0) is 75.0 Å². The molecule has 27 heavy (non-hydrogen) atoms. The normalized spacial score (nSPS) is 16.6. The van der Waals surface area contributed by atoms with Gasteiger partial charge in [-0.25, -0.2) is 0 Å². The molecule has 0 aliphatic carbocycles. The largest absolute Gasteiger partial charge is 0.366 e. The van der Waals surface area contributed by atoms with Crippen LogP contribution in [0.4, 0.5) is 5.69 Å². The summed E-state index contributed by atoms with van der Waals surface area (Å²) < 4.78 is 0. The number of benzene rings is 2. The number of hydrogen-bond donors (Lipinski definition) is 2. The van der Waals surface area contributed by atoms with Crippen molar-refractivity contribution in [3.63, 3.8) is 0 Å².